The Labute approximate surface area is 585 Å². The van der Waals surface area contributed by atoms with Crippen molar-refractivity contribution >= 4 is 39.5 Å². The van der Waals surface area contributed by atoms with Crippen LogP contribution in [0.2, 0.25) is 0 Å². The molecule has 0 amide bonds. The number of carbonyl (C=O) groups excluding carboxylic acids is 4. The Hall–Kier alpha value is -2.98. The Morgan fingerprint density at radius 1 is 0.292 bits per heavy atom. The van der Waals surface area contributed by atoms with Gasteiger partial charge in [0, 0.05) is 25.7 Å². The zero-order chi connectivity index (χ0) is 70.4. The van der Waals surface area contributed by atoms with Crippen LogP contribution in [0.3, 0.4) is 0 Å². The molecule has 0 bridgehead atoms. The highest BCUT2D eigenvalue weighted by atomic mass is 31.2. The fourth-order valence-corrected chi connectivity index (χ4v) is 12.4. The van der Waals surface area contributed by atoms with Gasteiger partial charge in [-0.15, -0.1) is 0 Å². The third-order valence-corrected chi connectivity index (χ3v) is 18.7. The number of aliphatic hydroxyl groups is 1. The van der Waals surface area contributed by atoms with Crippen LogP contribution in [0.1, 0.15) is 362 Å². The van der Waals surface area contributed by atoms with E-state index < -0.39 is 97.5 Å². The van der Waals surface area contributed by atoms with E-state index in [-0.39, 0.29) is 25.7 Å². The van der Waals surface area contributed by atoms with Gasteiger partial charge < -0.3 is 33.8 Å². The lowest BCUT2D eigenvalue weighted by Crippen LogP contribution is -2.30. The van der Waals surface area contributed by atoms with Crippen molar-refractivity contribution in [2.75, 3.05) is 39.6 Å². The van der Waals surface area contributed by atoms with E-state index >= 15 is 0 Å². The van der Waals surface area contributed by atoms with E-state index in [1.165, 1.54) is 186 Å². The highest BCUT2D eigenvalue weighted by Gasteiger charge is 2.30. The first-order chi connectivity index (χ1) is 46.7. The molecule has 562 valence electrons. The molecule has 0 rings (SSSR count). The molecule has 17 nitrogen and oxygen atoms in total. The van der Waals surface area contributed by atoms with Crippen LogP contribution in [0.25, 0.3) is 0 Å². The molecular formula is C77H142O17P2. The molecule has 0 aromatic heterocycles. The molecule has 5 atom stereocenters. The standard InChI is InChI=1S/C77H142O17P2/c1-5-9-13-17-21-25-29-33-34-35-36-40-44-48-52-56-60-64-77(82)94-73(68-88-75(80)62-58-54-50-46-42-38-31-27-23-19-15-11-7-3)70-92-96(85,86)90-66-71(78)65-89-95(83,84)91-69-72(93-76(81)63-59-55-51-47-43-39-32-28-24-20-16-12-8-4)67-87-74(79)61-57-53-49-45-41-37-30-26-22-18-14-10-6-2/h21,25,33-34,36,40,48,52,71-73,78H,5-20,22-24,26-32,35,37-39,41-47,49-51,53-70H2,1-4H3,(H,83,84)(H,85,86)/b25-21-,34-33-,40-36-,52-48-/t71?,72-,73-/m1/s1. The number of phosphoric acid groups is 2. The molecule has 0 aromatic carbocycles. The highest BCUT2D eigenvalue weighted by molar-refractivity contribution is 7.47. The van der Waals surface area contributed by atoms with Crippen LogP contribution in [-0.4, -0.2) is 96.7 Å². The van der Waals surface area contributed by atoms with Gasteiger partial charge in [0.15, 0.2) is 12.2 Å². The van der Waals surface area contributed by atoms with Crippen molar-refractivity contribution in [1.82, 2.24) is 0 Å². The van der Waals surface area contributed by atoms with Crippen LogP contribution in [0.5, 0.6) is 0 Å². The van der Waals surface area contributed by atoms with Crippen LogP contribution in [0.4, 0.5) is 0 Å². The predicted molar refractivity (Wildman–Crippen MR) is 390 cm³/mol. The van der Waals surface area contributed by atoms with Gasteiger partial charge in [0.2, 0.25) is 0 Å². The smallest absolute Gasteiger partial charge is 0.462 e. The molecule has 0 aromatic rings. The van der Waals surface area contributed by atoms with Gasteiger partial charge in [-0.3, -0.25) is 37.3 Å². The second kappa shape index (κ2) is 70.5. The largest absolute Gasteiger partial charge is 0.472 e. The SMILES string of the molecule is CCCCC/C=C\C/C=C\C/C=C\C/C=C\CCCC(=O)O[C@H](COC(=O)CCCCCCCCCCCCCCC)COP(=O)(O)OCC(O)COP(=O)(O)OC[C@@H](COC(=O)CCCCCCCCCCCCCCC)OC(=O)CCCCCCCCCCCCCCC. The summed E-state index contributed by atoms with van der Waals surface area (Å²) in [5, 5.41) is 10.6. The molecule has 0 radical (unpaired) electrons. The third-order valence-electron chi connectivity index (χ3n) is 16.8. The van der Waals surface area contributed by atoms with Gasteiger partial charge in [-0.1, -0.05) is 320 Å². The summed E-state index contributed by atoms with van der Waals surface area (Å²) in [5.74, 6) is -2.20. The van der Waals surface area contributed by atoms with Gasteiger partial charge in [-0.05, 0) is 64.2 Å². The minimum Gasteiger partial charge on any atom is -0.462 e. The molecule has 0 saturated heterocycles. The Morgan fingerprint density at radius 3 is 0.823 bits per heavy atom. The molecule has 0 aliphatic carbocycles. The van der Waals surface area contributed by atoms with Crippen molar-refractivity contribution < 1.29 is 80.2 Å². The molecule has 3 unspecified atom stereocenters. The zero-order valence-corrected chi connectivity index (χ0v) is 63.1. The molecule has 0 heterocycles. The molecule has 0 fully saturated rings. The topological polar surface area (TPSA) is 237 Å². The summed E-state index contributed by atoms with van der Waals surface area (Å²) >= 11 is 0. The summed E-state index contributed by atoms with van der Waals surface area (Å²) in [5.41, 5.74) is 0. The number of carbonyl (C=O) groups is 4. The highest BCUT2D eigenvalue weighted by Crippen LogP contribution is 2.45. The Bertz CT molecular complexity index is 2010. The Kier molecular flexibility index (Phi) is 68.3. The summed E-state index contributed by atoms with van der Waals surface area (Å²) in [6, 6.07) is 0. The average Bonchev–Trinajstić information content (AvgIpc) is 1.26. The first-order valence-corrected chi connectivity index (χ1v) is 41.9. The number of allylic oxidation sites excluding steroid dienone is 8. The number of esters is 4. The first kappa shape index (κ1) is 93.0. The van der Waals surface area contributed by atoms with Crippen molar-refractivity contribution in [3.8, 4) is 0 Å². The number of ether oxygens (including phenoxy) is 4. The second-order valence-electron chi connectivity index (χ2n) is 26.3. The summed E-state index contributed by atoms with van der Waals surface area (Å²) in [6.45, 7) is 4.85. The predicted octanol–water partition coefficient (Wildman–Crippen LogP) is 22.1. The van der Waals surface area contributed by atoms with E-state index in [4.69, 9.17) is 37.0 Å². The fraction of sp³-hybridized carbons (Fsp3) is 0.844. The third kappa shape index (κ3) is 69.5. The van der Waals surface area contributed by atoms with Crippen molar-refractivity contribution in [2.45, 2.75) is 380 Å². The average molecular weight is 1400 g/mol. The maximum absolute atomic E-state index is 13.1. The maximum Gasteiger partial charge on any atom is 0.472 e. The minimum absolute atomic E-state index is 0.0255. The lowest BCUT2D eigenvalue weighted by atomic mass is 10.0. The number of hydrogen-bond donors (Lipinski definition) is 3. The Morgan fingerprint density at radius 2 is 0.521 bits per heavy atom. The molecule has 3 N–H and O–H groups in total. The van der Waals surface area contributed by atoms with E-state index in [0.29, 0.717) is 32.1 Å². The fourth-order valence-electron chi connectivity index (χ4n) is 10.9. The van der Waals surface area contributed by atoms with Crippen LogP contribution < -0.4 is 0 Å². The molecule has 0 aliphatic rings. The summed E-state index contributed by atoms with van der Waals surface area (Å²) in [7, 11) is -9.94. The number of rotatable bonds is 74. The summed E-state index contributed by atoms with van der Waals surface area (Å²) < 4.78 is 68.4. The number of unbranched alkanes of at least 4 members (excludes halogenated alkanes) is 40. The number of hydrogen-bond acceptors (Lipinski definition) is 15. The van der Waals surface area contributed by atoms with E-state index in [0.717, 1.165) is 89.9 Å². The van der Waals surface area contributed by atoms with Crippen molar-refractivity contribution in [1.29, 1.82) is 0 Å². The van der Waals surface area contributed by atoms with Gasteiger partial charge in [-0.2, -0.15) is 0 Å². The first-order valence-electron chi connectivity index (χ1n) is 38.9. The maximum atomic E-state index is 13.1. The minimum atomic E-state index is -4.98. The second-order valence-corrected chi connectivity index (χ2v) is 29.2. The van der Waals surface area contributed by atoms with Gasteiger partial charge in [-0.25, -0.2) is 9.13 Å². The van der Waals surface area contributed by atoms with E-state index in [9.17, 15) is 43.2 Å². The van der Waals surface area contributed by atoms with Crippen molar-refractivity contribution in [3.05, 3.63) is 48.6 Å². The molecule has 19 heteroatoms. The quantitative estimate of drug-likeness (QED) is 0.0169. The van der Waals surface area contributed by atoms with Crippen LogP contribution in [-0.2, 0) is 65.4 Å². The Balaban J connectivity index is 5.35. The lowest BCUT2D eigenvalue weighted by molar-refractivity contribution is -0.161. The lowest BCUT2D eigenvalue weighted by Gasteiger charge is -2.21. The van der Waals surface area contributed by atoms with Crippen LogP contribution >= 0.6 is 15.6 Å². The normalized spacial score (nSPS) is 14.2. The van der Waals surface area contributed by atoms with Crippen LogP contribution in [0.15, 0.2) is 48.6 Å². The molecule has 0 aliphatic heterocycles. The van der Waals surface area contributed by atoms with Crippen LogP contribution in [0, 0.1) is 0 Å². The van der Waals surface area contributed by atoms with Gasteiger partial charge in [0.25, 0.3) is 0 Å². The zero-order valence-electron chi connectivity index (χ0n) is 61.3. The van der Waals surface area contributed by atoms with E-state index in [2.05, 4.69) is 64.2 Å². The number of phosphoric ester groups is 2. The summed E-state index contributed by atoms with van der Waals surface area (Å²) in [4.78, 5) is 72.8. The van der Waals surface area contributed by atoms with Crippen molar-refractivity contribution in [3.63, 3.8) is 0 Å². The van der Waals surface area contributed by atoms with E-state index in [1.807, 2.05) is 12.2 Å². The van der Waals surface area contributed by atoms with E-state index in [1.54, 1.807) is 0 Å². The van der Waals surface area contributed by atoms with Gasteiger partial charge in [0.1, 0.15) is 19.3 Å². The monoisotopic (exact) mass is 1400 g/mol. The van der Waals surface area contributed by atoms with Crippen molar-refractivity contribution in [2.24, 2.45) is 0 Å². The van der Waals surface area contributed by atoms with Gasteiger partial charge >= 0.3 is 39.5 Å². The molecular weight excluding hydrogens is 1260 g/mol. The molecule has 0 spiro atoms. The number of aliphatic hydroxyl groups excluding tert-OH is 1. The molecule has 96 heavy (non-hydrogen) atoms. The summed E-state index contributed by atoms with van der Waals surface area (Å²) in [6.07, 6.45) is 66.7. The molecule has 0 saturated carbocycles. The van der Waals surface area contributed by atoms with Gasteiger partial charge in [0.05, 0.1) is 26.4 Å².